The zero-order valence-electron chi connectivity index (χ0n) is 33.2. The van der Waals surface area contributed by atoms with Gasteiger partial charge in [0.1, 0.15) is 12.2 Å². The molecule has 0 saturated heterocycles. The molecule has 0 aromatic rings. The van der Waals surface area contributed by atoms with E-state index in [0.717, 1.165) is 70.6 Å². The maximum Gasteiger partial charge on any atom is 0.472 e. The van der Waals surface area contributed by atoms with E-state index in [0.29, 0.717) is 13.0 Å². The van der Waals surface area contributed by atoms with Gasteiger partial charge in [0.15, 0.2) is 0 Å². The van der Waals surface area contributed by atoms with Crippen LogP contribution in [0.4, 0.5) is 0 Å². The van der Waals surface area contributed by atoms with E-state index in [1.54, 1.807) is 0 Å². The number of hydrogen-bond acceptors (Lipinski definition) is 8. The first-order chi connectivity index (χ1) is 25.8. The lowest BCUT2D eigenvalue weighted by Crippen LogP contribution is -2.29. The van der Waals surface area contributed by atoms with E-state index < -0.39 is 45.8 Å². The van der Waals surface area contributed by atoms with Crippen LogP contribution in [0.1, 0.15) is 149 Å². The number of phosphoric ester groups is 1. The fraction of sp³-hybridized carbons (Fsp3) is 0.698. The van der Waals surface area contributed by atoms with Crippen molar-refractivity contribution in [1.29, 1.82) is 0 Å². The van der Waals surface area contributed by atoms with Crippen molar-refractivity contribution < 1.29 is 43.0 Å². The van der Waals surface area contributed by atoms with E-state index in [2.05, 4.69) is 86.8 Å². The molecular weight excluding hydrogens is 691 g/mol. The molecule has 53 heavy (non-hydrogen) atoms. The number of aliphatic hydroxyl groups excluding tert-OH is 2. The SMILES string of the molecule is CC/C=C\C/C=C\C/C=C\C/C=C\CCCCC(=O)OC(COCCCCCCCC/C=C\C/C=C\CCCCCC)COP(=O)(O)OCC(O)CO. The molecule has 0 aliphatic rings. The van der Waals surface area contributed by atoms with Crippen molar-refractivity contribution in [3.63, 3.8) is 0 Å². The summed E-state index contributed by atoms with van der Waals surface area (Å²) in [4.78, 5) is 22.5. The molecule has 3 N–H and O–H groups in total. The number of aliphatic hydroxyl groups is 2. The van der Waals surface area contributed by atoms with Crippen LogP contribution in [0, 0.1) is 0 Å². The summed E-state index contributed by atoms with van der Waals surface area (Å²) < 4.78 is 33.2. The maximum atomic E-state index is 12.6. The first-order valence-corrected chi connectivity index (χ1v) is 21.9. The van der Waals surface area contributed by atoms with E-state index in [9.17, 15) is 19.4 Å². The third-order valence-electron chi connectivity index (χ3n) is 8.13. The molecule has 0 saturated carbocycles. The summed E-state index contributed by atoms with van der Waals surface area (Å²) in [6, 6.07) is 0. The van der Waals surface area contributed by atoms with Crippen molar-refractivity contribution >= 4 is 13.8 Å². The molecule has 0 radical (unpaired) electrons. The molecular formula is C43H75O9P. The topological polar surface area (TPSA) is 132 Å². The highest BCUT2D eigenvalue weighted by Crippen LogP contribution is 2.43. The number of rotatable bonds is 38. The predicted molar refractivity (Wildman–Crippen MR) is 219 cm³/mol. The molecule has 10 heteroatoms. The van der Waals surface area contributed by atoms with Gasteiger partial charge in [0.25, 0.3) is 0 Å². The van der Waals surface area contributed by atoms with Gasteiger partial charge in [-0.1, -0.05) is 132 Å². The minimum atomic E-state index is -4.53. The minimum Gasteiger partial charge on any atom is -0.457 e. The molecule has 0 spiro atoms. The highest BCUT2D eigenvalue weighted by Gasteiger charge is 2.26. The molecule has 0 fully saturated rings. The Kier molecular flexibility index (Phi) is 38.0. The van der Waals surface area contributed by atoms with E-state index in [1.165, 1.54) is 51.4 Å². The summed E-state index contributed by atoms with van der Waals surface area (Å²) >= 11 is 0. The van der Waals surface area contributed by atoms with Gasteiger partial charge >= 0.3 is 13.8 Å². The van der Waals surface area contributed by atoms with Gasteiger partial charge in [0.2, 0.25) is 0 Å². The first kappa shape index (κ1) is 50.9. The maximum absolute atomic E-state index is 12.6. The third-order valence-corrected chi connectivity index (χ3v) is 9.08. The fourth-order valence-corrected chi connectivity index (χ4v) is 5.81. The molecule has 3 atom stereocenters. The summed E-state index contributed by atoms with van der Waals surface area (Å²) in [6.45, 7) is 3.28. The second-order valence-electron chi connectivity index (χ2n) is 13.3. The predicted octanol–water partition coefficient (Wildman–Crippen LogP) is 11.0. The van der Waals surface area contributed by atoms with Crippen molar-refractivity contribution in [1.82, 2.24) is 0 Å². The number of unbranched alkanes of at least 4 members (excludes halogenated alkanes) is 12. The summed E-state index contributed by atoms with van der Waals surface area (Å²) in [5.41, 5.74) is 0. The Morgan fingerprint density at radius 2 is 1.08 bits per heavy atom. The van der Waals surface area contributed by atoms with Gasteiger partial charge in [0.05, 0.1) is 26.4 Å². The molecule has 3 unspecified atom stereocenters. The molecule has 0 amide bonds. The van der Waals surface area contributed by atoms with E-state index in [1.807, 2.05) is 0 Å². The van der Waals surface area contributed by atoms with Crippen molar-refractivity contribution in [3.8, 4) is 0 Å². The molecule has 306 valence electrons. The zero-order chi connectivity index (χ0) is 38.9. The number of allylic oxidation sites excluding steroid dienone is 12. The van der Waals surface area contributed by atoms with Crippen molar-refractivity contribution in [2.24, 2.45) is 0 Å². The van der Waals surface area contributed by atoms with Gasteiger partial charge in [-0.25, -0.2) is 4.57 Å². The smallest absolute Gasteiger partial charge is 0.457 e. The zero-order valence-corrected chi connectivity index (χ0v) is 34.1. The number of hydrogen-bond donors (Lipinski definition) is 3. The van der Waals surface area contributed by atoms with Crippen LogP contribution in [-0.2, 0) is 27.9 Å². The van der Waals surface area contributed by atoms with Crippen LogP contribution < -0.4 is 0 Å². The normalized spacial score (nSPS) is 14.9. The van der Waals surface area contributed by atoms with E-state index >= 15 is 0 Å². The largest absolute Gasteiger partial charge is 0.472 e. The molecule has 0 aliphatic heterocycles. The second-order valence-corrected chi connectivity index (χ2v) is 14.7. The fourth-order valence-electron chi connectivity index (χ4n) is 5.02. The van der Waals surface area contributed by atoms with E-state index in [4.69, 9.17) is 23.6 Å². The third kappa shape index (κ3) is 39.4. The Labute approximate surface area is 322 Å². The average Bonchev–Trinajstić information content (AvgIpc) is 3.15. The highest BCUT2D eigenvalue weighted by atomic mass is 31.2. The van der Waals surface area contributed by atoms with Crippen LogP contribution in [0.5, 0.6) is 0 Å². The van der Waals surface area contributed by atoms with Gasteiger partial charge in [-0.3, -0.25) is 13.8 Å². The molecule has 9 nitrogen and oxygen atoms in total. The summed E-state index contributed by atoms with van der Waals surface area (Å²) in [6.07, 6.45) is 45.8. The van der Waals surface area contributed by atoms with E-state index in [-0.39, 0.29) is 13.0 Å². The molecule has 0 heterocycles. The van der Waals surface area contributed by atoms with Crippen molar-refractivity contribution in [2.45, 2.75) is 161 Å². The Morgan fingerprint density at radius 3 is 1.62 bits per heavy atom. The monoisotopic (exact) mass is 767 g/mol. The van der Waals surface area contributed by atoms with Crippen LogP contribution in [0.3, 0.4) is 0 Å². The van der Waals surface area contributed by atoms with Gasteiger partial charge in [-0.05, 0) is 83.5 Å². The molecule has 0 aliphatic carbocycles. The number of phosphoric acid groups is 1. The number of carbonyl (C=O) groups is 1. The van der Waals surface area contributed by atoms with Crippen LogP contribution in [0.25, 0.3) is 0 Å². The Bertz CT molecular complexity index is 1050. The lowest BCUT2D eigenvalue weighted by atomic mass is 10.1. The Balaban J connectivity index is 4.31. The Hall–Kier alpha value is -2.10. The molecule has 0 bridgehead atoms. The number of carbonyl (C=O) groups excluding carboxylic acids is 1. The highest BCUT2D eigenvalue weighted by molar-refractivity contribution is 7.47. The molecule has 0 aromatic heterocycles. The second kappa shape index (κ2) is 39.6. The van der Waals surface area contributed by atoms with Crippen LogP contribution in [-0.4, -0.2) is 66.3 Å². The van der Waals surface area contributed by atoms with Crippen LogP contribution >= 0.6 is 7.82 Å². The summed E-state index contributed by atoms with van der Waals surface area (Å²) in [5, 5.41) is 18.3. The van der Waals surface area contributed by atoms with Crippen LogP contribution in [0.15, 0.2) is 72.9 Å². The molecule has 0 aromatic carbocycles. The standard InChI is InChI=1S/C43H75O9P/c1-3-5-7-9-11-13-15-17-19-20-22-24-26-28-30-32-34-36-49-39-42(40-51-53(47,48)50-38-41(45)37-44)52-43(46)35-33-31-29-27-25-23-21-18-16-14-12-10-8-6-4-2/h6,8,12-15,18-21,25,27,41-42,44-45H,3-5,7,9-11,16-17,22-24,26,28-40H2,1-2H3,(H,47,48)/b8-6-,14-12-,15-13-,20-19-,21-18-,27-25-. The lowest BCUT2D eigenvalue weighted by Gasteiger charge is -2.20. The number of ether oxygens (including phenoxy) is 2. The van der Waals surface area contributed by atoms with Crippen LogP contribution in [0.2, 0.25) is 0 Å². The quantitative estimate of drug-likeness (QED) is 0.0243. The Morgan fingerprint density at radius 1 is 0.604 bits per heavy atom. The summed E-state index contributed by atoms with van der Waals surface area (Å²) in [7, 11) is -4.53. The van der Waals surface area contributed by atoms with Gasteiger partial charge < -0.3 is 24.6 Å². The summed E-state index contributed by atoms with van der Waals surface area (Å²) in [5.74, 6) is -0.430. The van der Waals surface area contributed by atoms with Crippen molar-refractivity contribution in [3.05, 3.63) is 72.9 Å². The van der Waals surface area contributed by atoms with Gasteiger partial charge in [0, 0.05) is 13.0 Å². The average molecular weight is 767 g/mol. The van der Waals surface area contributed by atoms with Gasteiger partial charge in [-0.2, -0.15) is 0 Å². The van der Waals surface area contributed by atoms with Crippen molar-refractivity contribution in [2.75, 3.05) is 33.0 Å². The number of esters is 1. The lowest BCUT2D eigenvalue weighted by molar-refractivity contribution is -0.154. The van der Waals surface area contributed by atoms with Gasteiger partial charge in [-0.15, -0.1) is 0 Å². The first-order valence-electron chi connectivity index (χ1n) is 20.4. The molecule has 0 rings (SSSR count). The minimum absolute atomic E-state index is 0.0212.